The van der Waals surface area contributed by atoms with E-state index in [-0.39, 0.29) is 28.0 Å². The predicted molar refractivity (Wildman–Crippen MR) is 145 cm³/mol. The minimum Gasteiger partial charge on any atom is -0.396 e. The second-order valence-corrected chi connectivity index (χ2v) is 10.7. The van der Waals surface area contributed by atoms with E-state index in [1.807, 2.05) is 37.3 Å². The molecule has 1 aliphatic heterocycles. The fourth-order valence-corrected chi connectivity index (χ4v) is 5.62. The number of nitrogens with two attached hydrogens (primary N) is 1. The molecular weight excluding hydrogens is 486 g/mol. The Morgan fingerprint density at radius 2 is 1.59 bits per heavy atom. The van der Waals surface area contributed by atoms with Gasteiger partial charge in [-0.1, -0.05) is 66.2 Å². The minimum absolute atomic E-state index is 0.0614. The van der Waals surface area contributed by atoms with E-state index < -0.39 is 22.0 Å². The lowest BCUT2D eigenvalue weighted by atomic mass is 10.0. The number of fused-ring (bicyclic) bond motifs is 2. The van der Waals surface area contributed by atoms with Gasteiger partial charge in [0.15, 0.2) is 0 Å². The molecular formula is C29H25N3O4S. The number of benzene rings is 4. The SMILES string of the molecule is Cc1ccc(S(=O)(=O)N[C@@H](Cc2ccccc2)C(=O)n2c3ccc(N)c(=O)c-3cc3ccccc32)cc1. The van der Waals surface area contributed by atoms with Crippen molar-refractivity contribution in [1.29, 1.82) is 0 Å². The highest BCUT2D eigenvalue weighted by Gasteiger charge is 2.30. The van der Waals surface area contributed by atoms with E-state index in [4.69, 9.17) is 5.73 Å². The monoisotopic (exact) mass is 511 g/mol. The minimum atomic E-state index is -4.04. The Morgan fingerprint density at radius 3 is 2.32 bits per heavy atom. The maximum Gasteiger partial charge on any atom is 0.250 e. The van der Waals surface area contributed by atoms with Crippen LogP contribution in [0.3, 0.4) is 0 Å². The summed E-state index contributed by atoms with van der Waals surface area (Å²) in [5.41, 5.74) is 8.46. The summed E-state index contributed by atoms with van der Waals surface area (Å²) in [6, 6.07) is 26.4. The van der Waals surface area contributed by atoms with Crippen molar-refractivity contribution in [3.05, 3.63) is 118 Å². The first-order valence-corrected chi connectivity index (χ1v) is 13.2. The van der Waals surface area contributed by atoms with Crippen molar-refractivity contribution in [1.82, 2.24) is 9.29 Å². The average molecular weight is 512 g/mol. The van der Waals surface area contributed by atoms with Crippen LogP contribution in [-0.4, -0.2) is 24.9 Å². The number of rotatable bonds is 6. The Hall–Kier alpha value is -4.27. The van der Waals surface area contributed by atoms with E-state index in [9.17, 15) is 18.0 Å². The van der Waals surface area contributed by atoms with Gasteiger partial charge in [0.1, 0.15) is 6.04 Å². The summed E-state index contributed by atoms with van der Waals surface area (Å²) in [5.74, 6) is -0.509. The second kappa shape index (κ2) is 9.65. The fraction of sp³-hybridized carbons (Fsp3) is 0.103. The van der Waals surface area contributed by atoms with Crippen LogP contribution in [0.25, 0.3) is 22.2 Å². The van der Waals surface area contributed by atoms with Crippen LogP contribution in [-0.2, 0) is 16.4 Å². The molecule has 0 amide bonds. The molecule has 3 N–H and O–H groups in total. The van der Waals surface area contributed by atoms with Crippen LogP contribution in [0.15, 0.2) is 107 Å². The lowest BCUT2D eigenvalue weighted by Crippen LogP contribution is -2.45. The number of pyridine rings is 1. The van der Waals surface area contributed by atoms with Gasteiger partial charge in [-0.2, -0.15) is 4.72 Å². The van der Waals surface area contributed by atoms with E-state index in [0.717, 1.165) is 11.1 Å². The standard InChI is InChI=1S/C29H25N3O4S/c1-19-11-13-22(14-12-19)37(35,36)31-25(17-20-7-3-2-4-8-20)29(34)32-26-10-6-5-9-21(26)18-23-27(32)16-15-24(30)28(23)33/h2-16,18,25,31H,17,30H2,1H3/t25-/m0/s1. The molecule has 0 saturated carbocycles. The Balaban J connectivity index is 1.68. The number of carbonyl (C=O) groups excluding carboxylic acids is 1. The second-order valence-electron chi connectivity index (χ2n) is 8.97. The maximum absolute atomic E-state index is 14.2. The number of para-hydroxylation sites is 1. The Labute approximate surface area is 214 Å². The Bertz CT molecular complexity index is 1740. The van der Waals surface area contributed by atoms with Crippen molar-refractivity contribution >= 4 is 32.5 Å². The van der Waals surface area contributed by atoms with Gasteiger partial charge in [-0.25, -0.2) is 8.42 Å². The lowest BCUT2D eigenvalue weighted by molar-refractivity contribution is 0.0877. The normalized spacial score (nSPS) is 12.6. The molecule has 0 bridgehead atoms. The fourth-order valence-electron chi connectivity index (χ4n) is 4.43. The molecule has 5 rings (SSSR count). The van der Waals surface area contributed by atoms with E-state index in [2.05, 4.69) is 4.72 Å². The number of aromatic nitrogens is 1. The molecule has 1 heterocycles. The van der Waals surface area contributed by atoms with Crippen LogP contribution in [0.1, 0.15) is 15.9 Å². The number of sulfonamides is 1. The van der Waals surface area contributed by atoms with Crippen molar-refractivity contribution in [2.45, 2.75) is 24.3 Å². The predicted octanol–water partition coefficient (Wildman–Crippen LogP) is 4.23. The highest BCUT2D eigenvalue weighted by molar-refractivity contribution is 7.89. The molecule has 0 saturated heterocycles. The number of aryl methyl sites for hydroxylation is 1. The number of nitrogens with zero attached hydrogens (tertiary/aromatic N) is 1. The Kier molecular flexibility index (Phi) is 6.37. The van der Waals surface area contributed by atoms with Gasteiger partial charge in [-0.15, -0.1) is 0 Å². The van der Waals surface area contributed by atoms with Crippen LogP contribution in [0.2, 0.25) is 0 Å². The molecule has 1 atom stereocenters. The van der Waals surface area contributed by atoms with Crippen LogP contribution in [0.4, 0.5) is 5.69 Å². The molecule has 0 fully saturated rings. The molecule has 2 aliphatic rings. The number of hydrogen-bond donors (Lipinski definition) is 2. The molecule has 0 unspecified atom stereocenters. The molecule has 0 radical (unpaired) electrons. The summed E-state index contributed by atoms with van der Waals surface area (Å²) < 4.78 is 30.8. The zero-order chi connectivity index (χ0) is 26.2. The number of nitrogens with one attached hydrogen (secondary N) is 1. The van der Waals surface area contributed by atoms with Gasteiger partial charge < -0.3 is 5.73 Å². The summed E-state index contributed by atoms with van der Waals surface area (Å²) in [6.45, 7) is 1.87. The van der Waals surface area contributed by atoms with Gasteiger partial charge in [0.2, 0.25) is 21.4 Å². The Morgan fingerprint density at radius 1 is 0.919 bits per heavy atom. The maximum atomic E-state index is 14.2. The zero-order valence-electron chi connectivity index (χ0n) is 20.1. The zero-order valence-corrected chi connectivity index (χ0v) is 20.9. The van der Waals surface area contributed by atoms with Crippen LogP contribution in [0, 0.1) is 6.92 Å². The summed E-state index contributed by atoms with van der Waals surface area (Å²) in [5, 5.41) is 0.658. The van der Waals surface area contributed by atoms with Crippen molar-refractivity contribution in [2.24, 2.45) is 0 Å². The van der Waals surface area contributed by atoms with Crippen molar-refractivity contribution in [3.63, 3.8) is 0 Å². The summed E-state index contributed by atoms with van der Waals surface area (Å²) in [7, 11) is -4.04. The van der Waals surface area contributed by atoms with Gasteiger partial charge >= 0.3 is 0 Å². The van der Waals surface area contributed by atoms with Crippen LogP contribution >= 0.6 is 0 Å². The molecule has 3 aromatic carbocycles. The lowest BCUT2D eigenvalue weighted by Gasteiger charge is -2.24. The molecule has 0 spiro atoms. The highest BCUT2D eigenvalue weighted by Crippen LogP contribution is 2.28. The molecule has 37 heavy (non-hydrogen) atoms. The van der Waals surface area contributed by atoms with E-state index in [0.29, 0.717) is 16.6 Å². The number of nitrogen functional groups attached to an aromatic ring is 1. The third-order valence-electron chi connectivity index (χ3n) is 6.35. The van der Waals surface area contributed by atoms with Crippen LogP contribution < -0.4 is 15.9 Å². The molecule has 8 heteroatoms. The van der Waals surface area contributed by atoms with Gasteiger partial charge in [0.25, 0.3) is 0 Å². The highest BCUT2D eigenvalue weighted by atomic mass is 32.2. The average Bonchev–Trinajstić information content (AvgIpc) is 2.90. The largest absolute Gasteiger partial charge is 0.396 e. The van der Waals surface area contributed by atoms with Crippen LogP contribution in [0.5, 0.6) is 0 Å². The first kappa shape index (κ1) is 24.4. The molecule has 3 aromatic rings. The smallest absolute Gasteiger partial charge is 0.250 e. The number of hydrogen-bond acceptors (Lipinski definition) is 5. The first-order valence-electron chi connectivity index (χ1n) is 11.7. The molecule has 1 aliphatic carbocycles. The topological polar surface area (TPSA) is 111 Å². The van der Waals surface area contributed by atoms with Gasteiger partial charge in [-0.05, 0) is 60.7 Å². The molecule has 186 valence electrons. The van der Waals surface area contributed by atoms with E-state index in [1.54, 1.807) is 48.5 Å². The summed E-state index contributed by atoms with van der Waals surface area (Å²) >= 11 is 0. The number of anilines is 1. The summed E-state index contributed by atoms with van der Waals surface area (Å²) in [6.07, 6.45) is 0.113. The van der Waals surface area contributed by atoms with Gasteiger partial charge in [0, 0.05) is 5.56 Å². The molecule has 0 aromatic heterocycles. The van der Waals surface area contributed by atoms with E-state index >= 15 is 0 Å². The van der Waals surface area contributed by atoms with Gasteiger partial charge in [-0.3, -0.25) is 14.2 Å². The van der Waals surface area contributed by atoms with Crippen molar-refractivity contribution in [2.75, 3.05) is 5.73 Å². The first-order chi connectivity index (χ1) is 17.7. The van der Waals surface area contributed by atoms with Crippen molar-refractivity contribution in [3.8, 4) is 11.3 Å². The van der Waals surface area contributed by atoms with E-state index in [1.165, 1.54) is 22.8 Å². The third-order valence-corrected chi connectivity index (χ3v) is 7.84. The summed E-state index contributed by atoms with van der Waals surface area (Å²) in [4.78, 5) is 27.2. The quantitative estimate of drug-likeness (QED) is 0.262. The third kappa shape index (κ3) is 4.76. The number of carbonyl (C=O) groups is 1. The van der Waals surface area contributed by atoms with Gasteiger partial charge in [0.05, 0.1) is 21.8 Å². The molecule has 7 nitrogen and oxygen atoms in total. The van der Waals surface area contributed by atoms with Crippen molar-refractivity contribution < 1.29 is 13.2 Å².